The number of hydrogen-bond acceptors (Lipinski definition) is 3. The summed E-state index contributed by atoms with van der Waals surface area (Å²) in [5, 5.41) is 7.87. The molecule has 1 aromatic carbocycles. The van der Waals surface area contributed by atoms with E-state index in [-0.39, 0.29) is 11.8 Å². The molecule has 3 rings (SSSR count). The lowest BCUT2D eigenvalue weighted by atomic mass is 10.0. The monoisotopic (exact) mass is 383 g/mol. The largest absolute Gasteiger partial charge is 0.497 e. The maximum atomic E-state index is 11.8. The summed E-state index contributed by atoms with van der Waals surface area (Å²) in [5.74, 6) is 1.23. The molecule has 1 unspecified atom stereocenters. The first kappa shape index (κ1) is 19.6. The Morgan fingerprint density at radius 1 is 1.28 bits per heavy atom. The molecule has 1 saturated heterocycles. The molecule has 0 aliphatic carbocycles. The molecule has 7 heteroatoms. The molecule has 1 aliphatic rings. The number of ether oxygens (including phenoxy) is 1. The van der Waals surface area contributed by atoms with Gasteiger partial charge in [0.15, 0.2) is 0 Å². The molecule has 1 atom stereocenters. The summed E-state index contributed by atoms with van der Waals surface area (Å²) in [5.41, 5.74) is 1.04. The van der Waals surface area contributed by atoms with E-state index in [9.17, 15) is 4.79 Å². The van der Waals surface area contributed by atoms with Gasteiger partial charge in [-0.05, 0) is 31.0 Å². The van der Waals surface area contributed by atoms with Crippen LogP contribution in [0.2, 0.25) is 10.0 Å². The number of aromatic nitrogens is 2. The van der Waals surface area contributed by atoms with Crippen molar-refractivity contribution in [2.45, 2.75) is 32.1 Å². The number of aromatic amines is 1. The number of nitrogens with one attached hydrogen (secondary N) is 1. The van der Waals surface area contributed by atoms with Crippen LogP contribution in [-0.2, 0) is 4.79 Å². The molecule has 136 valence electrons. The van der Waals surface area contributed by atoms with E-state index < -0.39 is 0 Å². The highest BCUT2D eigenvalue weighted by molar-refractivity contribution is 6.42. The molecular formula is C18H23Cl2N3O2. The van der Waals surface area contributed by atoms with Gasteiger partial charge in [0.05, 0.1) is 17.2 Å². The minimum atomic E-state index is 0.237. The molecule has 1 amide bonds. The zero-order valence-electron chi connectivity index (χ0n) is 14.5. The zero-order chi connectivity index (χ0) is 18.2. The molecule has 0 radical (unpaired) electrons. The Hall–Kier alpha value is -1.72. The lowest BCUT2D eigenvalue weighted by molar-refractivity contribution is -0.130. The van der Waals surface area contributed by atoms with Crippen LogP contribution in [-0.4, -0.2) is 41.2 Å². The molecule has 1 aliphatic heterocycles. The van der Waals surface area contributed by atoms with Gasteiger partial charge in [-0.1, -0.05) is 30.1 Å². The number of halogens is 2. The third-order valence-electron chi connectivity index (χ3n) is 4.12. The minimum absolute atomic E-state index is 0.237. The van der Waals surface area contributed by atoms with Gasteiger partial charge in [-0.15, -0.1) is 0 Å². The van der Waals surface area contributed by atoms with E-state index >= 15 is 0 Å². The highest BCUT2D eigenvalue weighted by Gasteiger charge is 2.20. The topological polar surface area (TPSA) is 58.2 Å². The second-order valence-corrected chi connectivity index (χ2v) is 6.80. The van der Waals surface area contributed by atoms with E-state index in [0.717, 1.165) is 37.4 Å². The Bertz CT molecular complexity index is 671. The smallest absolute Gasteiger partial charge is 0.223 e. The first-order chi connectivity index (χ1) is 12.0. The van der Waals surface area contributed by atoms with Gasteiger partial charge >= 0.3 is 0 Å². The van der Waals surface area contributed by atoms with Gasteiger partial charge < -0.3 is 9.64 Å². The van der Waals surface area contributed by atoms with E-state index in [1.807, 2.05) is 11.0 Å². The number of nitrogens with zero attached hydrogens (tertiary/aromatic N) is 2. The number of carbonyl (C=O) groups is 1. The third-order valence-corrected chi connectivity index (χ3v) is 4.86. The van der Waals surface area contributed by atoms with E-state index in [1.165, 1.54) is 0 Å². The van der Waals surface area contributed by atoms with E-state index in [1.54, 1.807) is 31.5 Å². The molecule has 0 bridgehead atoms. The number of methoxy groups -OCH3 is 1. The second-order valence-electron chi connectivity index (χ2n) is 5.99. The first-order valence-electron chi connectivity index (χ1n) is 8.27. The van der Waals surface area contributed by atoms with E-state index in [2.05, 4.69) is 17.1 Å². The van der Waals surface area contributed by atoms with Crippen molar-refractivity contribution in [2.24, 2.45) is 0 Å². The summed E-state index contributed by atoms with van der Waals surface area (Å²) < 4.78 is 4.91. The Kier molecular flexibility index (Phi) is 7.59. The molecular weight excluding hydrogens is 361 g/mol. The molecule has 1 fully saturated rings. The summed E-state index contributed by atoms with van der Waals surface area (Å²) in [4.78, 5) is 13.8. The molecule has 1 aromatic heterocycles. The number of benzene rings is 1. The molecule has 25 heavy (non-hydrogen) atoms. The van der Waals surface area contributed by atoms with Crippen molar-refractivity contribution >= 4 is 29.1 Å². The van der Waals surface area contributed by atoms with Crippen molar-refractivity contribution < 1.29 is 9.53 Å². The van der Waals surface area contributed by atoms with Gasteiger partial charge in [0.1, 0.15) is 5.75 Å². The van der Waals surface area contributed by atoms with Crippen molar-refractivity contribution in [1.29, 1.82) is 0 Å². The summed E-state index contributed by atoms with van der Waals surface area (Å²) in [6, 6.07) is 7.06. The number of carbonyl (C=O) groups excluding carboxylic acids is 1. The zero-order valence-corrected chi connectivity index (χ0v) is 16.0. The van der Waals surface area contributed by atoms with Crippen LogP contribution in [0.15, 0.2) is 30.5 Å². The fourth-order valence-electron chi connectivity index (χ4n) is 2.61. The maximum Gasteiger partial charge on any atom is 0.223 e. The number of hydrogen-bond donors (Lipinski definition) is 1. The van der Waals surface area contributed by atoms with E-state index in [4.69, 9.17) is 27.9 Å². The number of amides is 1. The van der Waals surface area contributed by atoms with Crippen molar-refractivity contribution in [3.05, 3.63) is 46.2 Å². The summed E-state index contributed by atoms with van der Waals surface area (Å²) in [7, 11) is 1.58. The average molecular weight is 384 g/mol. The Labute approximate surface area is 158 Å². The first-order valence-corrected chi connectivity index (χ1v) is 9.03. The Balaban J connectivity index is 0.000000196. The summed E-state index contributed by atoms with van der Waals surface area (Å²) in [6.07, 6.45) is 4.63. The van der Waals surface area contributed by atoms with Gasteiger partial charge in [-0.25, -0.2) is 0 Å². The normalized spacial score (nSPS) is 14.6. The van der Waals surface area contributed by atoms with Gasteiger partial charge in [0.2, 0.25) is 5.91 Å². The fourth-order valence-corrected chi connectivity index (χ4v) is 2.90. The van der Waals surface area contributed by atoms with Gasteiger partial charge in [0, 0.05) is 43.4 Å². The van der Waals surface area contributed by atoms with Crippen LogP contribution < -0.4 is 4.74 Å². The molecule has 2 aromatic rings. The summed E-state index contributed by atoms with van der Waals surface area (Å²) in [6.45, 7) is 3.94. The highest BCUT2D eigenvalue weighted by Crippen LogP contribution is 2.25. The fraction of sp³-hybridized carbons (Fsp3) is 0.444. The SMILES string of the molecule is CC(CC(=O)N1CCCC1)c1ccn[nH]1.COc1ccc(Cl)c(Cl)c1. The quantitative estimate of drug-likeness (QED) is 0.843. The van der Waals surface area contributed by atoms with Gasteiger partial charge in [0.25, 0.3) is 0 Å². The molecule has 0 saturated carbocycles. The number of rotatable bonds is 4. The van der Waals surface area contributed by atoms with Crippen LogP contribution in [0.1, 0.15) is 37.8 Å². The van der Waals surface area contributed by atoms with Crippen LogP contribution in [0.25, 0.3) is 0 Å². The highest BCUT2D eigenvalue weighted by atomic mass is 35.5. The van der Waals surface area contributed by atoms with Crippen LogP contribution in [0.5, 0.6) is 5.75 Å². The Morgan fingerprint density at radius 3 is 2.56 bits per heavy atom. The lowest BCUT2D eigenvalue weighted by Crippen LogP contribution is -2.28. The Morgan fingerprint density at radius 2 is 2.00 bits per heavy atom. The predicted molar refractivity (Wildman–Crippen MR) is 100 cm³/mol. The van der Waals surface area contributed by atoms with Crippen LogP contribution in [0.4, 0.5) is 0 Å². The predicted octanol–water partition coefficient (Wildman–Crippen LogP) is 4.53. The number of likely N-dealkylation sites (tertiary alicyclic amines) is 1. The third kappa shape index (κ3) is 5.94. The van der Waals surface area contributed by atoms with Crippen LogP contribution in [0, 0.1) is 0 Å². The van der Waals surface area contributed by atoms with Gasteiger partial charge in [-0.3, -0.25) is 9.89 Å². The van der Waals surface area contributed by atoms with Gasteiger partial charge in [-0.2, -0.15) is 5.10 Å². The second kappa shape index (κ2) is 9.68. The van der Waals surface area contributed by atoms with Crippen molar-refractivity contribution in [1.82, 2.24) is 15.1 Å². The molecule has 1 N–H and O–H groups in total. The van der Waals surface area contributed by atoms with Crippen molar-refractivity contribution in [2.75, 3.05) is 20.2 Å². The number of H-pyrrole nitrogens is 1. The molecule has 0 spiro atoms. The molecule has 5 nitrogen and oxygen atoms in total. The lowest BCUT2D eigenvalue weighted by Gasteiger charge is -2.17. The molecule has 2 heterocycles. The summed E-state index contributed by atoms with van der Waals surface area (Å²) >= 11 is 11.3. The average Bonchev–Trinajstić information content (AvgIpc) is 3.31. The van der Waals surface area contributed by atoms with E-state index in [0.29, 0.717) is 16.5 Å². The van der Waals surface area contributed by atoms with Crippen LogP contribution in [0.3, 0.4) is 0 Å². The van der Waals surface area contributed by atoms with Crippen LogP contribution >= 0.6 is 23.2 Å². The van der Waals surface area contributed by atoms with Crippen molar-refractivity contribution in [3.63, 3.8) is 0 Å². The standard InChI is InChI=1S/C11H17N3O.C7H6Cl2O/c1-9(10-4-5-12-13-10)8-11(15)14-6-2-3-7-14;1-10-5-2-3-6(8)7(9)4-5/h4-5,9H,2-3,6-8H2,1H3,(H,12,13);2-4H,1H3. The van der Waals surface area contributed by atoms with Crippen molar-refractivity contribution in [3.8, 4) is 5.75 Å². The minimum Gasteiger partial charge on any atom is -0.497 e. The maximum absolute atomic E-state index is 11.8.